The zero-order valence-electron chi connectivity index (χ0n) is 15.1. The number of hydrogen-bond acceptors (Lipinski definition) is 4. The summed E-state index contributed by atoms with van der Waals surface area (Å²) in [4.78, 5) is 36.9. The Labute approximate surface area is 157 Å². The second kappa shape index (κ2) is 7.99. The summed E-state index contributed by atoms with van der Waals surface area (Å²) in [5.41, 5.74) is 2.21. The zero-order valence-corrected chi connectivity index (χ0v) is 15.1. The molecule has 2 aromatic carbocycles. The molecular weight excluding hydrogens is 346 g/mol. The molecule has 140 valence electrons. The quantitative estimate of drug-likeness (QED) is 0.627. The number of anilines is 1. The van der Waals surface area contributed by atoms with Gasteiger partial charge in [0.25, 0.3) is 5.69 Å². The van der Waals surface area contributed by atoms with Gasteiger partial charge >= 0.3 is 0 Å². The van der Waals surface area contributed by atoms with Crippen molar-refractivity contribution < 1.29 is 14.5 Å². The molecule has 0 unspecified atom stereocenters. The number of nitro benzene ring substituents is 1. The highest BCUT2D eigenvalue weighted by atomic mass is 16.6. The number of carbonyl (C=O) groups excluding carboxylic acids is 2. The Balaban J connectivity index is 1.60. The van der Waals surface area contributed by atoms with Gasteiger partial charge in [0.05, 0.1) is 16.5 Å². The Kier molecular flexibility index (Phi) is 5.49. The first kappa shape index (κ1) is 18.6. The lowest BCUT2D eigenvalue weighted by molar-refractivity contribution is -0.384. The van der Waals surface area contributed by atoms with E-state index < -0.39 is 10.8 Å². The number of nitrogens with one attached hydrogen (secondary N) is 1. The number of likely N-dealkylation sites (tertiary alicyclic amines) is 1. The predicted octanol–water partition coefficient (Wildman–Crippen LogP) is 2.93. The van der Waals surface area contributed by atoms with Gasteiger partial charge in [0.15, 0.2) is 0 Å². The van der Waals surface area contributed by atoms with Gasteiger partial charge in [0.2, 0.25) is 11.8 Å². The molecule has 2 aromatic rings. The van der Waals surface area contributed by atoms with Crippen LogP contribution in [0.3, 0.4) is 0 Å². The van der Waals surface area contributed by atoms with Crippen LogP contribution in [0.15, 0.2) is 48.5 Å². The Hall–Kier alpha value is -3.22. The number of benzene rings is 2. The first-order chi connectivity index (χ1) is 12.9. The smallest absolute Gasteiger partial charge is 0.271 e. The van der Waals surface area contributed by atoms with E-state index in [0.29, 0.717) is 18.8 Å². The highest BCUT2D eigenvalue weighted by molar-refractivity contribution is 5.97. The molecule has 0 radical (unpaired) electrons. The molecule has 0 saturated carbocycles. The SMILES string of the molecule is Cc1ccc([N+](=O)[O-])cc1NC(=O)[C@H]1CC(=O)N(CCc2ccccc2)C1. The molecular formula is C20H21N3O4. The summed E-state index contributed by atoms with van der Waals surface area (Å²) in [6.45, 7) is 2.71. The highest BCUT2D eigenvalue weighted by Crippen LogP contribution is 2.25. The summed E-state index contributed by atoms with van der Waals surface area (Å²) in [6.07, 6.45) is 0.902. The molecule has 1 heterocycles. The van der Waals surface area contributed by atoms with Crippen molar-refractivity contribution in [2.45, 2.75) is 19.8 Å². The monoisotopic (exact) mass is 367 g/mol. The molecule has 1 atom stereocenters. The molecule has 7 nitrogen and oxygen atoms in total. The molecule has 27 heavy (non-hydrogen) atoms. The first-order valence-electron chi connectivity index (χ1n) is 8.81. The fraction of sp³-hybridized carbons (Fsp3) is 0.300. The van der Waals surface area contributed by atoms with Crippen LogP contribution in [0.1, 0.15) is 17.5 Å². The molecule has 3 rings (SSSR count). The summed E-state index contributed by atoms with van der Waals surface area (Å²) < 4.78 is 0. The number of carbonyl (C=O) groups is 2. The third kappa shape index (κ3) is 4.49. The molecule has 1 N–H and O–H groups in total. The van der Waals surface area contributed by atoms with Crippen molar-refractivity contribution in [3.8, 4) is 0 Å². The van der Waals surface area contributed by atoms with E-state index in [4.69, 9.17) is 0 Å². The van der Waals surface area contributed by atoms with Gasteiger partial charge in [0, 0.05) is 31.6 Å². The topological polar surface area (TPSA) is 92.5 Å². The molecule has 0 bridgehead atoms. The molecule has 1 aliphatic rings. The highest BCUT2D eigenvalue weighted by Gasteiger charge is 2.34. The lowest BCUT2D eigenvalue weighted by Gasteiger charge is -2.17. The van der Waals surface area contributed by atoms with Crippen molar-refractivity contribution in [1.29, 1.82) is 0 Å². The molecule has 0 aromatic heterocycles. The first-order valence-corrected chi connectivity index (χ1v) is 8.81. The van der Waals surface area contributed by atoms with E-state index in [0.717, 1.165) is 17.5 Å². The molecule has 1 aliphatic heterocycles. The second-order valence-electron chi connectivity index (χ2n) is 6.72. The molecule has 7 heteroatoms. The molecule has 1 saturated heterocycles. The van der Waals surface area contributed by atoms with Crippen LogP contribution in [0.25, 0.3) is 0 Å². The molecule has 0 aliphatic carbocycles. The van der Waals surface area contributed by atoms with E-state index in [1.54, 1.807) is 17.9 Å². The number of rotatable bonds is 6. The molecule has 1 fully saturated rings. The van der Waals surface area contributed by atoms with Crippen molar-refractivity contribution in [2.75, 3.05) is 18.4 Å². The van der Waals surface area contributed by atoms with Gasteiger partial charge in [-0.1, -0.05) is 36.4 Å². The summed E-state index contributed by atoms with van der Waals surface area (Å²) in [7, 11) is 0. The average molecular weight is 367 g/mol. The maximum absolute atomic E-state index is 12.6. The van der Waals surface area contributed by atoms with E-state index >= 15 is 0 Å². The van der Waals surface area contributed by atoms with Gasteiger partial charge in [-0.15, -0.1) is 0 Å². The van der Waals surface area contributed by atoms with Gasteiger partial charge in [-0.25, -0.2) is 0 Å². The van der Waals surface area contributed by atoms with Crippen LogP contribution in [0.5, 0.6) is 0 Å². The number of nitro groups is 1. The van der Waals surface area contributed by atoms with Crippen LogP contribution >= 0.6 is 0 Å². The number of non-ortho nitro benzene ring substituents is 1. The normalized spacial score (nSPS) is 16.4. The minimum atomic E-state index is -0.500. The predicted molar refractivity (Wildman–Crippen MR) is 101 cm³/mol. The van der Waals surface area contributed by atoms with E-state index in [1.165, 1.54) is 12.1 Å². The average Bonchev–Trinajstić information content (AvgIpc) is 3.03. The number of hydrogen-bond donors (Lipinski definition) is 1. The second-order valence-corrected chi connectivity index (χ2v) is 6.72. The van der Waals surface area contributed by atoms with Gasteiger partial charge in [-0.3, -0.25) is 19.7 Å². The number of aryl methyl sites for hydroxylation is 1. The van der Waals surface area contributed by atoms with E-state index in [2.05, 4.69) is 5.32 Å². The zero-order chi connectivity index (χ0) is 19.4. The van der Waals surface area contributed by atoms with Gasteiger partial charge in [0.1, 0.15) is 0 Å². The largest absolute Gasteiger partial charge is 0.342 e. The van der Waals surface area contributed by atoms with Crippen LogP contribution < -0.4 is 5.32 Å². The van der Waals surface area contributed by atoms with E-state index in [-0.39, 0.29) is 23.9 Å². The van der Waals surface area contributed by atoms with Gasteiger partial charge in [-0.05, 0) is 24.5 Å². The number of amides is 2. The van der Waals surface area contributed by atoms with Crippen LogP contribution in [-0.4, -0.2) is 34.7 Å². The summed E-state index contributed by atoms with van der Waals surface area (Å²) >= 11 is 0. The van der Waals surface area contributed by atoms with Crippen LogP contribution in [-0.2, 0) is 16.0 Å². The van der Waals surface area contributed by atoms with E-state index in [1.807, 2.05) is 30.3 Å². The maximum atomic E-state index is 12.6. The van der Waals surface area contributed by atoms with Gasteiger partial charge in [-0.2, -0.15) is 0 Å². The fourth-order valence-electron chi connectivity index (χ4n) is 3.17. The van der Waals surface area contributed by atoms with Crippen molar-refractivity contribution in [3.05, 3.63) is 69.8 Å². The van der Waals surface area contributed by atoms with Gasteiger partial charge < -0.3 is 10.2 Å². The summed E-state index contributed by atoms with van der Waals surface area (Å²) in [5.74, 6) is -0.775. The molecule has 0 spiro atoms. The third-order valence-electron chi connectivity index (χ3n) is 4.79. The fourth-order valence-corrected chi connectivity index (χ4v) is 3.17. The summed E-state index contributed by atoms with van der Waals surface area (Å²) in [5, 5.41) is 13.7. The third-order valence-corrected chi connectivity index (χ3v) is 4.79. The van der Waals surface area contributed by atoms with Crippen LogP contribution in [0.2, 0.25) is 0 Å². The minimum absolute atomic E-state index is 0.0400. The maximum Gasteiger partial charge on any atom is 0.271 e. The Bertz CT molecular complexity index is 867. The summed E-state index contributed by atoms with van der Waals surface area (Å²) in [6, 6.07) is 14.2. The van der Waals surface area contributed by atoms with Crippen molar-refractivity contribution >= 4 is 23.2 Å². The number of nitrogens with zero attached hydrogens (tertiary/aromatic N) is 2. The van der Waals surface area contributed by atoms with E-state index in [9.17, 15) is 19.7 Å². The van der Waals surface area contributed by atoms with Crippen molar-refractivity contribution in [1.82, 2.24) is 4.90 Å². The van der Waals surface area contributed by atoms with Crippen molar-refractivity contribution in [3.63, 3.8) is 0 Å². The Morgan fingerprint density at radius 2 is 2.00 bits per heavy atom. The Morgan fingerprint density at radius 1 is 1.26 bits per heavy atom. The Morgan fingerprint density at radius 3 is 2.70 bits per heavy atom. The molecule has 2 amide bonds. The van der Waals surface area contributed by atoms with Crippen molar-refractivity contribution in [2.24, 2.45) is 5.92 Å². The lowest BCUT2D eigenvalue weighted by atomic mass is 10.1. The van der Waals surface area contributed by atoms with Crippen LogP contribution in [0, 0.1) is 23.0 Å². The lowest BCUT2D eigenvalue weighted by Crippen LogP contribution is -2.30. The minimum Gasteiger partial charge on any atom is -0.342 e. The van der Waals surface area contributed by atoms with Crippen LogP contribution in [0.4, 0.5) is 11.4 Å². The standard InChI is InChI=1S/C20H21N3O4/c1-14-7-8-17(23(26)27)12-18(14)21-20(25)16-11-19(24)22(13-16)10-9-15-5-3-2-4-6-15/h2-8,12,16H,9-11,13H2,1H3,(H,21,25)/t16-/m0/s1.